The third-order valence-electron chi connectivity index (χ3n) is 3.60. The van der Waals surface area contributed by atoms with E-state index < -0.39 is 0 Å². The quantitative estimate of drug-likeness (QED) is 0.919. The van der Waals surface area contributed by atoms with Gasteiger partial charge in [-0.3, -0.25) is 0 Å². The first-order valence-corrected chi connectivity index (χ1v) is 7.58. The second-order valence-corrected chi connectivity index (χ2v) is 5.73. The molecule has 1 atom stereocenters. The van der Waals surface area contributed by atoms with Gasteiger partial charge in [0.25, 0.3) is 0 Å². The molecule has 2 N–H and O–H groups in total. The Balaban J connectivity index is 2.45. The lowest BCUT2D eigenvalue weighted by Gasteiger charge is -2.18. The van der Waals surface area contributed by atoms with Crippen LogP contribution in [0.25, 0.3) is 0 Å². The van der Waals surface area contributed by atoms with Crippen molar-refractivity contribution < 1.29 is 4.74 Å². The maximum Gasteiger partial charge on any atom is 0.127 e. The molecule has 4 nitrogen and oxygen atoms in total. The maximum absolute atomic E-state index is 6.44. The van der Waals surface area contributed by atoms with Gasteiger partial charge in [0.2, 0.25) is 0 Å². The van der Waals surface area contributed by atoms with E-state index in [1.807, 2.05) is 6.07 Å². The molecular weight excluding hydrogens is 270 g/mol. The van der Waals surface area contributed by atoms with Crippen molar-refractivity contribution in [1.29, 1.82) is 0 Å². The molecule has 0 saturated carbocycles. The molecule has 1 heterocycles. The highest BCUT2D eigenvalue weighted by atomic mass is 32.1. The number of rotatable bonds is 5. The van der Waals surface area contributed by atoms with Crippen LogP contribution in [0.15, 0.2) is 12.1 Å². The minimum atomic E-state index is -0.231. The summed E-state index contributed by atoms with van der Waals surface area (Å²) < 4.78 is 9.61. The predicted octanol–water partition coefficient (Wildman–Crippen LogP) is 3.16. The van der Waals surface area contributed by atoms with Gasteiger partial charge in [-0.15, -0.1) is 5.10 Å². The van der Waals surface area contributed by atoms with Crippen LogP contribution in [-0.4, -0.2) is 16.7 Å². The monoisotopic (exact) mass is 291 g/mol. The normalized spacial score (nSPS) is 12.4. The number of nitrogens with zero attached hydrogens (tertiary/aromatic N) is 2. The highest BCUT2D eigenvalue weighted by Crippen LogP contribution is 2.35. The topological polar surface area (TPSA) is 61.0 Å². The van der Waals surface area contributed by atoms with Crippen molar-refractivity contribution in [2.75, 3.05) is 7.11 Å². The Labute approximate surface area is 124 Å². The lowest BCUT2D eigenvalue weighted by molar-refractivity contribution is 0.404. The number of hydrogen-bond acceptors (Lipinski definition) is 5. The third-order valence-corrected chi connectivity index (χ3v) is 4.45. The lowest BCUT2D eigenvalue weighted by atomic mass is 9.97. The number of ether oxygens (including phenoxy) is 1. The Kier molecular flexibility index (Phi) is 4.73. The summed E-state index contributed by atoms with van der Waals surface area (Å²) in [5.41, 5.74) is 10.8. The molecule has 2 aromatic rings. The molecule has 0 spiro atoms. The van der Waals surface area contributed by atoms with Crippen LogP contribution < -0.4 is 10.5 Å². The molecule has 0 amide bonds. The minimum absolute atomic E-state index is 0.231. The summed E-state index contributed by atoms with van der Waals surface area (Å²) in [6, 6.07) is 3.90. The van der Waals surface area contributed by atoms with E-state index in [4.69, 9.17) is 10.5 Å². The Morgan fingerprint density at radius 1 is 1.35 bits per heavy atom. The molecule has 1 unspecified atom stereocenters. The molecule has 108 valence electrons. The van der Waals surface area contributed by atoms with Crippen LogP contribution in [0.4, 0.5) is 0 Å². The fourth-order valence-electron chi connectivity index (χ4n) is 2.33. The van der Waals surface area contributed by atoms with Gasteiger partial charge in [-0.2, -0.15) is 0 Å². The second-order valence-electron chi connectivity index (χ2n) is 4.94. The number of aryl methyl sites for hydroxylation is 2. The zero-order valence-electron chi connectivity index (χ0n) is 12.4. The van der Waals surface area contributed by atoms with E-state index >= 15 is 0 Å². The van der Waals surface area contributed by atoms with Crippen molar-refractivity contribution in [3.05, 3.63) is 39.4 Å². The molecule has 0 aliphatic rings. The van der Waals surface area contributed by atoms with E-state index in [1.165, 1.54) is 17.1 Å². The molecule has 1 aromatic carbocycles. The summed E-state index contributed by atoms with van der Waals surface area (Å²) in [6.07, 6.45) is 1.95. The molecule has 5 heteroatoms. The van der Waals surface area contributed by atoms with E-state index in [0.717, 1.165) is 40.3 Å². The van der Waals surface area contributed by atoms with E-state index in [1.54, 1.807) is 7.11 Å². The van der Waals surface area contributed by atoms with Crippen molar-refractivity contribution >= 4 is 11.5 Å². The van der Waals surface area contributed by atoms with Crippen LogP contribution in [0.3, 0.4) is 0 Å². The highest BCUT2D eigenvalue weighted by Gasteiger charge is 2.21. The van der Waals surface area contributed by atoms with E-state index in [9.17, 15) is 0 Å². The SMILES string of the molecule is CCCc1nnsc1C(N)c1ccc(C)c(C)c1OC. The van der Waals surface area contributed by atoms with Gasteiger partial charge >= 0.3 is 0 Å². The smallest absolute Gasteiger partial charge is 0.127 e. The first-order chi connectivity index (χ1) is 9.60. The highest BCUT2D eigenvalue weighted by molar-refractivity contribution is 7.05. The molecular formula is C15H21N3OS. The number of benzene rings is 1. The van der Waals surface area contributed by atoms with Crippen LogP contribution in [0.1, 0.15) is 46.6 Å². The molecule has 0 aliphatic carbocycles. The predicted molar refractivity (Wildman–Crippen MR) is 82.4 cm³/mol. The van der Waals surface area contributed by atoms with Gasteiger partial charge < -0.3 is 10.5 Å². The zero-order valence-corrected chi connectivity index (χ0v) is 13.3. The van der Waals surface area contributed by atoms with Crippen molar-refractivity contribution in [3.63, 3.8) is 0 Å². The van der Waals surface area contributed by atoms with Gasteiger partial charge in [0.15, 0.2) is 0 Å². The van der Waals surface area contributed by atoms with Gasteiger partial charge in [-0.25, -0.2) is 0 Å². The van der Waals surface area contributed by atoms with Crippen molar-refractivity contribution in [2.24, 2.45) is 5.73 Å². The molecule has 1 aromatic heterocycles. The molecule has 0 bridgehead atoms. The van der Waals surface area contributed by atoms with E-state index in [2.05, 4.69) is 36.4 Å². The first-order valence-electron chi connectivity index (χ1n) is 6.80. The molecule has 0 saturated heterocycles. The fraction of sp³-hybridized carbons (Fsp3) is 0.467. The van der Waals surface area contributed by atoms with Gasteiger partial charge in [0.05, 0.1) is 23.7 Å². The molecule has 2 rings (SSSR count). The summed E-state index contributed by atoms with van der Waals surface area (Å²) in [5, 5.41) is 4.20. The maximum atomic E-state index is 6.44. The van der Waals surface area contributed by atoms with Gasteiger partial charge in [-0.05, 0) is 42.9 Å². The molecule has 20 heavy (non-hydrogen) atoms. The number of methoxy groups -OCH3 is 1. The van der Waals surface area contributed by atoms with Crippen LogP contribution in [0.5, 0.6) is 5.75 Å². The van der Waals surface area contributed by atoms with Crippen LogP contribution in [-0.2, 0) is 6.42 Å². The Bertz CT molecular complexity index is 595. The Morgan fingerprint density at radius 3 is 2.75 bits per heavy atom. The standard InChI is InChI=1S/C15H21N3OS/c1-5-6-12-15(20-18-17-12)13(16)11-8-7-9(2)10(3)14(11)19-4/h7-8,13H,5-6,16H2,1-4H3. The lowest BCUT2D eigenvalue weighted by Crippen LogP contribution is -2.14. The summed E-state index contributed by atoms with van der Waals surface area (Å²) in [5.74, 6) is 0.869. The average Bonchev–Trinajstić information content (AvgIpc) is 2.89. The first kappa shape index (κ1) is 14.9. The van der Waals surface area contributed by atoms with Gasteiger partial charge in [0, 0.05) is 5.56 Å². The van der Waals surface area contributed by atoms with Crippen LogP contribution in [0, 0.1) is 13.8 Å². The van der Waals surface area contributed by atoms with Crippen molar-refractivity contribution in [1.82, 2.24) is 9.59 Å². The van der Waals surface area contributed by atoms with E-state index in [-0.39, 0.29) is 6.04 Å². The molecule has 0 aliphatic heterocycles. The summed E-state index contributed by atoms with van der Waals surface area (Å²) in [6.45, 7) is 6.26. The molecule has 0 radical (unpaired) electrons. The fourth-order valence-corrected chi connectivity index (χ4v) is 3.05. The summed E-state index contributed by atoms with van der Waals surface area (Å²) >= 11 is 1.38. The van der Waals surface area contributed by atoms with E-state index in [0.29, 0.717) is 0 Å². The minimum Gasteiger partial charge on any atom is -0.496 e. The number of hydrogen-bond donors (Lipinski definition) is 1. The van der Waals surface area contributed by atoms with Crippen molar-refractivity contribution in [3.8, 4) is 5.75 Å². The van der Waals surface area contributed by atoms with Gasteiger partial charge in [0.1, 0.15) is 5.75 Å². The summed E-state index contributed by atoms with van der Waals surface area (Å²) in [7, 11) is 1.69. The van der Waals surface area contributed by atoms with Crippen molar-refractivity contribution in [2.45, 2.75) is 39.7 Å². The third kappa shape index (κ3) is 2.69. The molecule has 0 fully saturated rings. The van der Waals surface area contributed by atoms with Crippen LogP contribution >= 0.6 is 11.5 Å². The zero-order chi connectivity index (χ0) is 14.7. The largest absolute Gasteiger partial charge is 0.496 e. The number of nitrogens with two attached hydrogens (primary N) is 1. The second kappa shape index (κ2) is 6.33. The average molecular weight is 291 g/mol. The van der Waals surface area contributed by atoms with Gasteiger partial charge in [-0.1, -0.05) is 30.0 Å². The number of aromatic nitrogens is 2. The summed E-state index contributed by atoms with van der Waals surface area (Å²) in [4.78, 5) is 1.04. The Morgan fingerprint density at radius 2 is 2.10 bits per heavy atom. The Hall–Kier alpha value is -1.46. The van der Waals surface area contributed by atoms with Crippen LogP contribution in [0.2, 0.25) is 0 Å².